The normalized spacial score (nSPS) is 17.3. The highest BCUT2D eigenvalue weighted by atomic mass is 32.1. The van der Waals surface area contributed by atoms with E-state index in [1.54, 1.807) is 31.4 Å². The quantitative estimate of drug-likeness (QED) is 0.0370. The lowest BCUT2D eigenvalue weighted by atomic mass is 9.84. The summed E-state index contributed by atoms with van der Waals surface area (Å²) in [7, 11) is 1.92. The van der Waals surface area contributed by atoms with Crippen LogP contribution >= 0.6 is 11.3 Å². The Morgan fingerprint density at radius 1 is 1.14 bits per heavy atom. The van der Waals surface area contributed by atoms with Crippen molar-refractivity contribution < 1.29 is 38.7 Å². The van der Waals surface area contributed by atoms with Crippen molar-refractivity contribution in [2.24, 2.45) is 17.3 Å². The number of amides is 3. The van der Waals surface area contributed by atoms with Crippen molar-refractivity contribution in [2.45, 2.75) is 137 Å². The van der Waals surface area contributed by atoms with Crippen LogP contribution in [0.3, 0.4) is 0 Å². The van der Waals surface area contributed by atoms with Crippen LogP contribution in [0.2, 0.25) is 0 Å². The van der Waals surface area contributed by atoms with Gasteiger partial charge in [-0.3, -0.25) is 33.7 Å². The maximum Gasteiger partial charge on any atom is 0.309 e. The summed E-state index contributed by atoms with van der Waals surface area (Å²) in [5.74, 6) is -0.576. The van der Waals surface area contributed by atoms with Gasteiger partial charge in [-0.2, -0.15) is 0 Å². The number of carbonyl (C=O) groups is 5. The van der Waals surface area contributed by atoms with Crippen molar-refractivity contribution in [3.8, 4) is 12.3 Å². The van der Waals surface area contributed by atoms with Gasteiger partial charge in [0.15, 0.2) is 6.10 Å². The van der Waals surface area contributed by atoms with E-state index in [1.165, 1.54) is 12.0 Å². The number of unbranched alkanes of at least 4 members (excludes halogenated alkanes) is 1. The molecule has 1 aromatic heterocycles. The number of terminal acetylenes is 1. The van der Waals surface area contributed by atoms with Crippen LogP contribution in [0.1, 0.15) is 127 Å². The summed E-state index contributed by atoms with van der Waals surface area (Å²) in [5.41, 5.74) is 6.25. The number of ether oxygens (including phenoxy) is 1. The molecule has 3 rings (SSSR count). The zero-order valence-electron chi connectivity index (χ0n) is 35.4. The van der Waals surface area contributed by atoms with Gasteiger partial charge in [0.1, 0.15) is 16.7 Å². The SMILES string of the molecule is C#CCCCON(C(=O)[C@@H](NC(=O)[C@H]1CCCCN1C)[C@@H](C)CC)[C@H](C[C@@H](OC(C)=O)c1nc(C(=O)N[C@@H](Cc2ccc(N)cc2)CC(C)(C)C(=O)O)cs1)C(C)C. The molecular weight excluding hydrogens is 761 g/mol. The number of nitrogens with one attached hydrogen (secondary N) is 2. The molecule has 1 saturated heterocycles. The number of aromatic nitrogens is 1. The Morgan fingerprint density at radius 2 is 1.83 bits per heavy atom. The first-order valence-corrected chi connectivity index (χ1v) is 21.2. The first-order valence-electron chi connectivity index (χ1n) is 20.3. The average molecular weight is 825 g/mol. The summed E-state index contributed by atoms with van der Waals surface area (Å²) >= 11 is 1.13. The summed E-state index contributed by atoms with van der Waals surface area (Å²) in [6.07, 6.45) is 9.28. The molecule has 0 unspecified atom stereocenters. The Morgan fingerprint density at radius 3 is 2.41 bits per heavy atom. The third-order valence-electron chi connectivity index (χ3n) is 10.8. The maximum absolute atomic E-state index is 14.7. The Bertz CT molecular complexity index is 1720. The number of hydroxylamine groups is 2. The zero-order chi connectivity index (χ0) is 43.2. The molecule has 2 heterocycles. The number of nitrogen functional groups attached to an aromatic ring is 1. The average Bonchev–Trinajstić information content (AvgIpc) is 3.67. The van der Waals surface area contributed by atoms with Crippen LogP contribution in [0.5, 0.6) is 0 Å². The van der Waals surface area contributed by atoms with E-state index in [2.05, 4.69) is 21.5 Å². The summed E-state index contributed by atoms with van der Waals surface area (Å²) < 4.78 is 5.84. The third-order valence-corrected chi connectivity index (χ3v) is 11.7. The summed E-state index contributed by atoms with van der Waals surface area (Å²) in [5, 5.41) is 19.1. The second kappa shape index (κ2) is 22.6. The number of piperidine rings is 1. The number of carboxylic acids is 1. The fraction of sp³-hybridized carbons (Fsp3) is 0.628. The number of carbonyl (C=O) groups excluding carboxylic acids is 4. The van der Waals surface area contributed by atoms with Gasteiger partial charge in [-0.1, -0.05) is 52.7 Å². The Hall–Kier alpha value is -4.52. The molecule has 0 saturated carbocycles. The zero-order valence-corrected chi connectivity index (χ0v) is 36.2. The molecule has 3 amide bonds. The molecule has 5 N–H and O–H groups in total. The minimum absolute atomic E-state index is 0.0689. The number of carboxylic acid groups (broad SMARTS) is 1. The molecule has 0 spiro atoms. The van der Waals surface area contributed by atoms with Crippen LogP contribution in [0.15, 0.2) is 29.6 Å². The Labute approximate surface area is 347 Å². The van der Waals surface area contributed by atoms with E-state index < -0.39 is 53.4 Å². The smallest absolute Gasteiger partial charge is 0.309 e. The molecule has 320 valence electrons. The predicted octanol–water partition coefficient (Wildman–Crippen LogP) is 5.78. The molecule has 14 nitrogen and oxygen atoms in total. The number of esters is 1. The number of likely N-dealkylation sites (tertiary alicyclic amines) is 1. The predicted molar refractivity (Wildman–Crippen MR) is 224 cm³/mol. The second-order valence-corrected chi connectivity index (χ2v) is 17.3. The van der Waals surface area contributed by atoms with Gasteiger partial charge in [0, 0.05) is 36.9 Å². The molecule has 15 heteroatoms. The van der Waals surface area contributed by atoms with Crippen molar-refractivity contribution in [1.82, 2.24) is 25.6 Å². The molecule has 58 heavy (non-hydrogen) atoms. The van der Waals surface area contributed by atoms with Crippen molar-refractivity contribution >= 4 is 46.7 Å². The number of benzene rings is 1. The van der Waals surface area contributed by atoms with E-state index in [0.717, 1.165) is 36.3 Å². The summed E-state index contributed by atoms with van der Waals surface area (Å²) in [6, 6.07) is 4.70. The highest BCUT2D eigenvalue weighted by molar-refractivity contribution is 7.09. The number of aliphatic carboxylic acids is 1. The highest BCUT2D eigenvalue weighted by Gasteiger charge is 2.40. The van der Waals surface area contributed by atoms with Crippen LogP contribution in [0.4, 0.5) is 5.69 Å². The van der Waals surface area contributed by atoms with Crippen LogP contribution in [-0.4, -0.2) is 94.1 Å². The molecule has 1 fully saturated rings. The van der Waals surface area contributed by atoms with E-state index in [4.69, 9.17) is 21.7 Å². The number of hydrogen-bond acceptors (Lipinski definition) is 11. The molecule has 1 aliphatic heterocycles. The van der Waals surface area contributed by atoms with E-state index in [-0.39, 0.29) is 48.9 Å². The topological polar surface area (TPSA) is 193 Å². The van der Waals surface area contributed by atoms with E-state index in [1.807, 2.05) is 51.8 Å². The van der Waals surface area contributed by atoms with Crippen molar-refractivity contribution in [3.63, 3.8) is 0 Å². The molecule has 6 atom stereocenters. The minimum atomic E-state index is -1.14. The van der Waals surface area contributed by atoms with E-state index in [9.17, 15) is 29.1 Å². The highest BCUT2D eigenvalue weighted by Crippen LogP contribution is 2.32. The van der Waals surface area contributed by atoms with Gasteiger partial charge in [0.2, 0.25) is 5.91 Å². The Balaban J connectivity index is 1.94. The standard InChI is InChI=1S/C43H64N6O8S/c1-10-12-15-22-56-49(41(53)37(28(5)11-2)47-39(52)34-16-13-14-21-48(34)9)35(27(3)4)24-36(57-29(6)50)40-46-33(26-58-40)38(51)45-32(25-43(7,8)42(54)55)23-30-17-19-31(44)20-18-30/h1,17-20,26-28,32,34-37H,11-16,21-25,44H2,2-9H3,(H,45,51)(H,47,52)(H,54,55)/t28-,32-,34+,35+,36+,37-/m0/s1. The van der Waals surface area contributed by atoms with Crippen LogP contribution in [-0.2, 0) is 35.2 Å². The van der Waals surface area contributed by atoms with Crippen LogP contribution in [0.25, 0.3) is 0 Å². The lowest BCUT2D eigenvalue weighted by molar-refractivity contribution is -0.213. The van der Waals surface area contributed by atoms with E-state index >= 15 is 0 Å². The number of anilines is 1. The van der Waals surface area contributed by atoms with Gasteiger partial charge in [-0.05, 0) is 89.1 Å². The number of thiazole rings is 1. The third kappa shape index (κ3) is 14.1. The maximum atomic E-state index is 14.7. The lowest BCUT2D eigenvalue weighted by Gasteiger charge is -2.39. The lowest BCUT2D eigenvalue weighted by Crippen LogP contribution is -2.58. The van der Waals surface area contributed by atoms with Gasteiger partial charge in [0.25, 0.3) is 11.8 Å². The van der Waals surface area contributed by atoms with Gasteiger partial charge < -0.3 is 26.2 Å². The van der Waals surface area contributed by atoms with Gasteiger partial charge in [0.05, 0.1) is 24.1 Å². The summed E-state index contributed by atoms with van der Waals surface area (Å²) in [6.45, 7) is 13.2. The molecule has 1 aliphatic rings. The molecule has 0 bridgehead atoms. The fourth-order valence-electron chi connectivity index (χ4n) is 7.01. The van der Waals surface area contributed by atoms with Crippen LogP contribution < -0.4 is 16.4 Å². The number of likely N-dealkylation sites (N-methyl/N-ethyl adjacent to an activating group) is 1. The second-order valence-electron chi connectivity index (χ2n) is 16.4. The van der Waals surface area contributed by atoms with Crippen LogP contribution in [0, 0.1) is 29.6 Å². The van der Waals surface area contributed by atoms with Crippen molar-refractivity contribution in [2.75, 3.05) is 25.9 Å². The number of hydrogen-bond donors (Lipinski definition) is 4. The van der Waals surface area contributed by atoms with E-state index in [0.29, 0.717) is 42.8 Å². The van der Waals surface area contributed by atoms with Gasteiger partial charge >= 0.3 is 11.9 Å². The van der Waals surface area contributed by atoms with Gasteiger partial charge in [-0.15, -0.1) is 23.7 Å². The molecular formula is C43H64N6O8S. The summed E-state index contributed by atoms with van der Waals surface area (Å²) in [4.78, 5) is 79.6. The molecule has 0 aliphatic carbocycles. The van der Waals surface area contributed by atoms with Crippen molar-refractivity contribution in [1.29, 1.82) is 0 Å². The monoisotopic (exact) mass is 824 g/mol. The number of rotatable bonds is 22. The van der Waals surface area contributed by atoms with Gasteiger partial charge in [-0.25, -0.2) is 10.0 Å². The fourth-order valence-corrected chi connectivity index (χ4v) is 7.85. The largest absolute Gasteiger partial charge is 0.481 e. The molecule has 2 aromatic rings. The Kier molecular flexibility index (Phi) is 18.6. The molecule has 0 radical (unpaired) electrons. The number of nitrogens with zero attached hydrogens (tertiary/aromatic N) is 3. The first kappa shape index (κ1) is 47.9. The minimum Gasteiger partial charge on any atom is -0.481 e. The number of nitrogens with two attached hydrogens (primary N) is 1. The first-order chi connectivity index (χ1) is 27.4. The molecule has 1 aromatic carbocycles. The van der Waals surface area contributed by atoms with Crippen molar-refractivity contribution in [3.05, 3.63) is 45.9 Å².